The number of carbonyl (C=O) groups is 1. The topological polar surface area (TPSA) is 66.6 Å². The third kappa shape index (κ3) is 2.61. The molecule has 0 saturated carbocycles. The highest BCUT2D eigenvalue weighted by Gasteiger charge is 2.25. The maximum atomic E-state index is 13.1. The van der Waals surface area contributed by atoms with Gasteiger partial charge >= 0.3 is 0 Å². The summed E-state index contributed by atoms with van der Waals surface area (Å²) in [5, 5.41) is 9.62. The number of halogens is 1. The van der Waals surface area contributed by atoms with Crippen molar-refractivity contribution in [2.45, 2.75) is 12.8 Å². The first-order chi connectivity index (χ1) is 8.61. The summed E-state index contributed by atoms with van der Waals surface area (Å²) in [6.45, 7) is 1.75. The Morgan fingerprint density at radius 3 is 3.06 bits per heavy atom. The van der Waals surface area contributed by atoms with Crippen molar-refractivity contribution in [1.82, 2.24) is 4.90 Å². The fraction of sp³-hybridized carbons (Fsp3) is 0.462. The molecule has 1 amide bonds. The van der Waals surface area contributed by atoms with Crippen LogP contribution in [0.5, 0.6) is 5.75 Å². The number of amides is 1. The highest BCUT2D eigenvalue weighted by Crippen LogP contribution is 2.23. The van der Waals surface area contributed by atoms with Crippen LogP contribution in [0.1, 0.15) is 23.2 Å². The molecule has 0 aromatic heterocycles. The number of nitrogens with two attached hydrogens (primary N) is 1. The van der Waals surface area contributed by atoms with Crippen molar-refractivity contribution in [3.05, 3.63) is 29.6 Å². The highest BCUT2D eigenvalue weighted by atomic mass is 19.1. The van der Waals surface area contributed by atoms with Crippen molar-refractivity contribution in [1.29, 1.82) is 0 Å². The van der Waals surface area contributed by atoms with Crippen molar-refractivity contribution in [3.63, 3.8) is 0 Å². The molecule has 0 aliphatic carbocycles. The number of phenolic OH excluding ortho intramolecular Hbond substituents is 1. The lowest BCUT2D eigenvalue weighted by molar-refractivity contribution is 0.0674. The Kier molecular flexibility index (Phi) is 3.81. The molecule has 18 heavy (non-hydrogen) atoms. The minimum absolute atomic E-state index is 0.0210. The maximum Gasteiger partial charge on any atom is 0.257 e. The zero-order chi connectivity index (χ0) is 13.1. The number of benzene rings is 1. The number of aromatic hydroxyl groups is 1. The van der Waals surface area contributed by atoms with Gasteiger partial charge in [0.05, 0.1) is 5.56 Å². The zero-order valence-electron chi connectivity index (χ0n) is 10.1. The number of carbonyl (C=O) groups excluding carboxylic acids is 1. The largest absolute Gasteiger partial charge is 0.507 e. The van der Waals surface area contributed by atoms with E-state index < -0.39 is 5.82 Å². The summed E-state index contributed by atoms with van der Waals surface area (Å²) in [7, 11) is 0. The van der Waals surface area contributed by atoms with Crippen LogP contribution in [0.25, 0.3) is 0 Å². The molecule has 0 radical (unpaired) electrons. The van der Waals surface area contributed by atoms with Crippen LogP contribution in [-0.2, 0) is 0 Å². The van der Waals surface area contributed by atoms with Gasteiger partial charge in [0.2, 0.25) is 0 Å². The SMILES string of the molecule is NCC1CCCN(C(=O)c2cc(F)ccc2O)C1. The summed E-state index contributed by atoms with van der Waals surface area (Å²) in [5.74, 6) is -0.747. The summed E-state index contributed by atoms with van der Waals surface area (Å²) in [6, 6.07) is 3.40. The van der Waals surface area contributed by atoms with E-state index in [4.69, 9.17) is 5.73 Å². The maximum absolute atomic E-state index is 13.1. The van der Waals surface area contributed by atoms with Crippen molar-refractivity contribution in [3.8, 4) is 5.75 Å². The molecule has 1 aliphatic rings. The van der Waals surface area contributed by atoms with Crippen molar-refractivity contribution >= 4 is 5.91 Å². The van der Waals surface area contributed by atoms with Gasteiger partial charge in [-0.25, -0.2) is 4.39 Å². The quantitative estimate of drug-likeness (QED) is 0.834. The van der Waals surface area contributed by atoms with Gasteiger partial charge in [-0.2, -0.15) is 0 Å². The molecule has 5 heteroatoms. The first kappa shape index (κ1) is 12.8. The van der Waals surface area contributed by atoms with E-state index in [0.29, 0.717) is 25.6 Å². The van der Waals surface area contributed by atoms with Crippen LogP contribution >= 0.6 is 0 Å². The fourth-order valence-corrected chi connectivity index (χ4v) is 2.29. The molecule has 1 saturated heterocycles. The summed E-state index contributed by atoms with van der Waals surface area (Å²) in [4.78, 5) is 13.8. The smallest absolute Gasteiger partial charge is 0.257 e. The third-order valence-corrected chi connectivity index (χ3v) is 3.33. The van der Waals surface area contributed by atoms with Crippen LogP contribution in [0.3, 0.4) is 0 Å². The molecule has 1 atom stereocenters. The molecular weight excluding hydrogens is 235 g/mol. The van der Waals surface area contributed by atoms with Crippen molar-refractivity contribution in [2.24, 2.45) is 11.7 Å². The minimum Gasteiger partial charge on any atom is -0.507 e. The van der Waals surface area contributed by atoms with Gasteiger partial charge in [0.15, 0.2) is 0 Å². The Morgan fingerprint density at radius 2 is 2.33 bits per heavy atom. The van der Waals surface area contributed by atoms with Gasteiger partial charge in [0, 0.05) is 13.1 Å². The van der Waals surface area contributed by atoms with Gasteiger partial charge in [0.25, 0.3) is 5.91 Å². The zero-order valence-corrected chi connectivity index (χ0v) is 10.1. The number of rotatable bonds is 2. The van der Waals surface area contributed by atoms with Gasteiger partial charge in [-0.05, 0) is 43.5 Å². The second kappa shape index (κ2) is 5.35. The number of likely N-dealkylation sites (tertiary alicyclic amines) is 1. The number of nitrogens with zero attached hydrogens (tertiary/aromatic N) is 1. The Balaban J connectivity index is 2.17. The summed E-state index contributed by atoms with van der Waals surface area (Å²) >= 11 is 0. The molecule has 2 rings (SSSR count). The molecule has 1 fully saturated rings. The average molecular weight is 252 g/mol. The molecule has 1 aliphatic heterocycles. The minimum atomic E-state index is -0.525. The highest BCUT2D eigenvalue weighted by molar-refractivity contribution is 5.96. The lowest BCUT2D eigenvalue weighted by Crippen LogP contribution is -2.42. The molecule has 4 nitrogen and oxygen atoms in total. The van der Waals surface area contributed by atoms with Crippen LogP contribution in [0.2, 0.25) is 0 Å². The van der Waals surface area contributed by atoms with Crippen LogP contribution in [0.4, 0.5) is 4.39 Å². The van der Waals surface area contributed by atoms with Gasteiger partial charge in [0.1, 0.15) is 11.6 Å². The molecule has 1 unspecified atom stereocenters. The van der Waals surface area contributed by atoms with Crippen LogP contribution in [-0.4, -0.2) is 35.5 Å². The van der Waals surface area contributed by atoms with Gasteiger partial charge in [-0.1, -0.05) is 0 Å². The Hall–Kier alpha value is -1.62. The fourth-order valence-electron chi connectivity index (χ4n) is 2.29. The van der Waals surface area contributed by atoms with Crippen molar-refractivity contribution < 1.29 is 14.3 Å². The third-order valence-electron chi connectivity index (χ3n) is 3.33. The van der Waals surface area contributed by atoms with E-state index in [9.17, 15) is 14.3 Å². The van der Waals surface area contributed by atoms with E-state index in [-0.39, 0.29) is 17.2 Å². The molecular formula is C13H17FN2O2. The molecule has 1 heterocycles. The summed E-state index contributed by atoms with van der Waals surface area (Å²) in [5.41, 5.74) is 5.63. The predicted molar refractivity (Wildman–Crippen MR) is 65.7 cm³/mol. The second-order valence-corrected chi connectivity index (χ2v) is 4.66. The normalized spacial score (nSPS) is 19.9. The molecule has 1 aromatic carbocycles. The first-order valence-corrected chi connectivity index (χ1v) is 6.09. The summed E-state index contributed by atoms with van der Waals surface area (Å²) in [6.07, 6.45) is 1.90. The van der Waals surface area contributed by atoms with E-state index in [0.717, 1.165) is 25.0 Å². The molecule has 98 valence electrons. The summed E-state index contributed by atoms with van der Waals surface area (Å²) < 4.78 is 13.1. The van der Waals surface area contributed by atoms with E-state index in [1.54, 1.807) is 4.90 Å². The monoisotopic (exact) mass is 252 g/mol. The lowest BCUT2D eigenvalue weighted by Gasteiger charge is -2.32. The Bertz CT molecular complexity index is 451. The number of phenols is 1. The van der Waals surface area contributed by atoms with Gasteiger partial charge in [-0.3, -0.25) is 4.79 Å². The lowest BCUT2D eigenvalue weighted by atomic mass is 9.97. The molecule has 0 spiro atoms. The van der Waals surface area contributed by atoms with E-state index in [1.807, 2.05) is 0 Å². The molecule has 3 N–H and O–H groups in total. The van der Waals surface area contributed by atoms with Crippen LogP contribution in [0, 0.1) is 11.7 Å². The average Bonchev–Trinajstić information content (AvgIpc) is 2.41. The van der Waals surface area contributed by atoms with Gasteiger partial charge < -0.3 is 15.7 Å². The predicted octanol–water partition coefficient (Wildman–Crippen LogP) is 1.34. The Morgan fingerprint density at radius 1 is 1.56 bits per heavy atom. The molecule has 0 bridgehead atoms. The second-order valence-electron chi connectivity index (χ2n) is 4.66. The van der Waals surface area contributed by atoms with Crippen LogP contribution in [0.15, 0.2) is 18.2 Å². The van der Waals surface area contributed by atoms with Gasteiger partial charge in [-0.15, -0.1) is 0 Å². The number of piperidine rings is 1. The standard InChI is InChI=1S/C13H17FN2O2/c14-10-3-4-12(17)11(6-10)13(18)16-5-1-2-9(7-15)8-16/h3-4,6,9,17H,1-2,5,7-8,15H2. The number of hydrogen-bond acceptors (Lipinski definition) is 3. The number of hydrogen-bond donors (Lipinski definition) is 2. The van der Waals surface area contributed by atoms with E-state index in [2.05, 4.69) is 0 Å². The first-order valence-electron chi connectivity index (χ1n) is 6.09. The van der Waals surface area contributed by atoms with E-state index >= 15 is 0 Å². The molecule has 1 aromatic rings. The van der Waals surface area contributed by atoms with Crippen molar-refractivity contribution in [2.75, 3.05) is 19.6 Å². The van der Waals surface area contributed by atoms with Crippen LogP contribution < -0.4 is 5.73 Å². The van der Waals surface area contributed by atoms with E-state index in [1.165, 1.54) is 6.07 Å². The Labute approximate surface area is 105 Å².